The molecule has 0 amide bonds. The Morgan fingerprint density at radius 3 is 2.76 bits per heavy atom. The summed E-state index contributed by atoms with van der Waals surface area (Å²) in [6.07, 6.45) is 0. The number of halogens is 1. The van der Waals surface area contributed by atoms with E-state index in [1.54, 1.807) is 4.68 Å². The predicted octanol–water partition coefficient (Wildman–Crippen LogP) is 1.88. The van der Waals surface area contributed by atoms with Gasteiger partial charge < -0.3 is 4.74 Å². The van der Waals surface area contributed by atoms with Gasteiger partial charge in [-0.3, -0.25) is 0 Å². The number of rotatable bonds is 3. The van der Waals surface area contributed by atoms with Crippen molar-refractivity contribution in [2.24, 2.45) is 0 Å². The SMILES string of the molecule is COC(=O)c1nc(Br)n(Cc2ccccc2)n1. The van der Waals surface area contributed by atoms with Gasteiger partial charge in [0.05, 0.1) is 13.7 Å². The molecule has 5 nitrogen and oxygen atoms in total. The van der Waals surface area contributed by atoms with E-state index in [4.69, 9.17) is 0 Å². The number of ether oxygens (including phenoxy) is 1. The second kappa shape index (κ2) is 5.09. The van der Waals surface area contributed by atoms with Crippen molar-refractivity contribution >= 4 is 21.9 Å². The van der Waals surface area contributed by atoms with E-state index in [-0.39, 0.29) is 5.82 Å². The topological polar surface area (TPSA) is 57.0 Å². The molecule has 1 aromatic heterocycles. The van der Waals surface area contributed by atoms with Gasteiger partial charge in [-0.2, -0.15) is 4.98 Å². The summed E-state index contributed by atoms with van der Waals surface area (Å²) in [5.41, 5.74) is 1.08. The van der Waals surface area contributed by atoms with Gasteiger partial charge in [-0.05, 0) is 21.5 Å². The minimum absolute atomic E-state index is 0.0512. The fourth-order valence-electron chi connectivity index (χ4n) is 1.36. The predicted molar refractivity (Wildman–Crippen MR) is 64.6 cm³/mol. The van der Waals surface area contributed by atoms with E-state index in [0.29, 0.717) is 11.3 Å². The summed E-state index contributed by atoms with van der Waals surface area (Å²) in [4.78, 5) is 15.2. The van der Waals surface area contributed by atoms with Crippen LogP contribution in [0.4, 0.5) is 0 Å². The summed E-state index contributed by atoms with van der Waals surface area (Å²) in [6.45, 7) is 0.547. The second-order valence-electron chi connectivity index (χ2n) is 3.34. The molecule has 0 atom stereocenters. The van der Waals surface area contributed by atoms with E-state index in [1.165, 1.54) is 7.11 Å². The molecule has 0 N–H and O–H groups in total. The van der Waals surface area contributed by atoms with Crippen LogP contribution in [0.2, 0.25) is 0 Å². The molecule has 0 saturated heterocycles. The standard InChI is InChI=1S/C11H10BrN3O2/c1-17-10(16)9-13-11(12)15(14-9)7-8-5-3-2-4-6-8/h2-6H,7H2,1H3. The molecule has 0 unspecified atom stereocenters. The molecule has 17 heavy (non-hydrogen) atoms. The molecule has 0 bridgehead atoms. The monoisotopic (exact) mass is 295 g/mol. The third kappa shape index (κ3) is 2.71. The summed E-state index contributed by atoms with van der Waals surface area (Å²) in [5, 5.41) is 4.06. The molecule has 88 valence electrons. The third-order valence-electron chi connectivity index (χ3n) is 2.17. The first-order valence-electron chi connectivity index (χ1n) is 4.93. The minimum atomic E-state index is -0.544. The fraction of sp³-hybridized carbons (Fsp3) is 0.182. The van der Waals surface area contributed by atoms with Crippen molar-refractivity contribution in [2.75, 3.05) is 7.11 Å². The lowest BCUT2D eigenvalue weighted by Crippen LogP contribution is -2.06. The molecule has 0 fully saturated rings. The van der Waals surface area contributed by atoms with Crippen molar-refractivity contribution in [2.45, 2.75) is 6.54 Å². The van der Waals surface area contributed by atoms with Gasteiger partial charge in [0.15, 0.2) is 4.73 Å². The second-order valence-corrected chi connectivity index (χ2v) is 4.05. The Labute approximate surface area is 107 Å². The van der Waals surface area contributed by atoms with Crippen LogP contribution in [0.1, 0.15) is 16.2 Å². The first-order chi connectivity index (χ1) is 8.20. The van der Waals surface area contributed by atoms with Crippen LogP contribution in [0.25, 0.3) is 0 Å². The lowest BCUT2D eigenvalue weighted by Gasteiger charge is -2.01. The van der Waals surface area contributed by atoms with Crippen LogP contribution in [-0.2, 0) is 11.3 Å². The van der Waals surface area contributed by atoms with Crippen molar-refractivity contribution in [1.82, 2.24) is 14.8 Å². The fourth-order valence-corrected chi connectivity index (χ4v) is 1.73. The van der Waals surface area contributed by atoms with Gasteiger partial charge in [0, 0.05) is 0 Å². The highest BCUT2D eigenvalue weighted by Gasteiger charge is 2.15. The summed E-state index contributed by atoms with van der Waals surface area (Å²) in [5.74, 6) is -0.493. The zero-order chi connectivity index (χ0) is 12.3. The number of carbonyl (C=O) groups is 1. The van der Waals surface area contributed by atoms with Gasteiger partial charge in [0.2, 0.25) is 0 Å². The van der Waals surface area contributed by atoms with E-state index in [1.807, 2.05) is 30.3 Å². The summed E-state index contributed by atoms with van der Waals surface area (Å²) >= 11 is 3.25. The Morgan fingerprint density at radius 1 is 1.41 bits per heavy atom. The van der Waals surface area contributed by atoms with Crippen LogP contribution in [-0.4, -0.2) is 27.8 Å². The van der Waals surface area contributed by atoms with Crippen LogP contribution in [0.5, 0.6) is 0 Å². The molecular formula is C11H10BrN3O2. The van der Waals surface area contributed by atoms with Gasteiger partial charge in [0.25, 0.3) is 5.82 Å². The summed E-state index contributed by atoms with van der Waals surface area (Å²) in [7, 11) is 1.30. The highest BCUT2D eigenvalue weighted by atomic mass is 79.9. The van der Waals surface area contributed by atoms with Crippen LogP contribution < -0.4 is 0 Å². The largest absolute Gasteiger partial charge is 0.463 e. The highest BCUT2D eigenvalue weighted by molar-refractivity contribution is 9.10. The molecule has 0 aliphatic rings. The Morgan fingerprint density at radius 2 is 2.12 bits per heavy atom. The van der Waals surface area contributed by atoms with Gasteiger partial charge >= 0.3 is 5.97 Å². The van der Waals surface area contributed by atoms with Crippen LogP contribution >= 0.6 is 15.9 Å². The van der Waals surface area contributed by atoms with Gasteiger partial charge in [-0.1, -0.05) is 30.3 Å². The smallest absolute Gasteiger partial charge is 0.377 e. The first kappa shape index (κ1) is 11.8. The highest BCUT2D eigenvalue weighted by Crippen LogP contribution is 2.10. The maximum atomic E-state index is 11.3. The molecule has 1 aromatic carbocycles. The van der Waals surface area contributed by atoms with Crippen LogP contribution in [0.15, 0.2) is 35.1 Å². The average molecular weight is 296 g/mol. The van der Waals surface area contributed by atoms with E-state index < -0.39 is 5.97 Å². The van der Waals surface area contributed by atoms with Crippen molar-refractivity contribution in [3.8, 4) is 0 Å². The minimum Gasteiger partial charge on any atom is -0.463 e. The van der Waals surface area contributed by atoms with Crippen LogP contribution in [0, 0.1) is 0 Å². The Kier molecular flexibility index (Phi) is 3.53. The Hall–Kier alpha value is -1.69. The van der Waals surface area contributed by atoms with E-state index in [2.05, 4.69) is 30.7 Å². The summed E-state index contributed by atoms with van der Waals surface area (Å²) in [6, 6.07) is 9.79. The number of nitrogens with zero attached hydrogens (tertiary/aromatic N) is 3. The zero-order valence-corrected chi connectivity index (χ0v) is 10.7. The number of carbonyl (C=O) groups excluding carboxylic acids is 1. The molecule has 0 aliphatic heterocycles. The number of esters is 1. The van der Waals surface area contributed by atoms with Gasteiger partial charge in [-0.15, -0.1) is 5.10 Å². The Balaban J connectivity index is 2.22. The van der Waals surface area contributed by atoms with Crippen molar-refractivity contribution in [3.63, 3.8) is 0 Å². The van der Waals surface area contributed by atoms with Crippen molar-refractivity contribution in [1.29, 1.82) is 0 Å². The molecular weight excluding hydrogens is 286 g/mol. The molecule has 2 rings (SSSR count). The first-order valence-corrected chi connectivity index (χ1v) is 5.72. The average Bonchev–Trinajstić information content (AvgIpc) is 2.71. The zero-order valence-electron chi connectivity index (χ0n) is 9.13. The van der Waals surface area contributed by atoms with Gasteiger partial charge in [0.1, 0.15) is 0 Å². The molecule has 0 aliphatic carbocycles. The number of benzene rings is 1. The van der Waals surface area contributed by atoms with Crippen LogP contribution in [0.3, 0.4) is 0 Å². The maximum absolute atomic E-state index is 11.3. The van der Waals surface area contributed by atoms with Crippen molar-refractivity contribution in [3.05, 3.63) is 46.5 Å². The third-order valence-corrected chi connectivity index (χ3v) is 2.76. The molecule has 6 heteroatoms. The Bertz CT molecular complexity index is 525. The lowest BCUT2D eigenvalue weighted by molar-refractivity contribution is 0.0586. The number of aromatic nitrogens is 3. The number of methoxy groups -OCH3 is 1. The molecule has 0 spiro atoms. The molecule has 0 radical (unpaired) electrons. The summed E-state index contributed by atoms with van der Waals surface area (Å²) < 4.78 is 6.66. The van der Waals surface area contributed by atoms with Crippen molar-refractivity contribution < 1.29 is 9.53 Å². The molecule has 1 heterocycles. The van der Waals surface area contributed by atoms with Gasteiger partial charge in [-0.25, -0.2) is 9.48 Å². The molecule has 0 saturated carbocycles. The maximum Gasteiger partial charge on any atom is 0.377 e. The number of hydrogen-bond acceptors (Lipinski definition) is 4. The molecule has 2 aromatic rings. The van der Waals surface area contributed by atoms with E-state index in [9.17, 15) is 4.79 Å². The normalized spacial score (nSPS) is 10.2. The lowest BCUT2D eigenvalue weighted by atomic mass is 10.2. The van der Waals surface area contributed by atoms with E-state index in [0.717, 1.165) is 5.56 Å². The van der Waals surface area contributed by atoms with E-state index >= 15 is 0 Å². The quantitative estimate of drug-likeness (QED) is 0.811. The number of hydrogen-bond donors (Lipinski definition) is 0.